The Hall–Kier alpha value is -4.09. The van der Waals surface area contributed by atoms with Crippen molar-refractivity contribution in [3.05, 3.63) is 113 Å². The molecule has 3 aromatic rings. The van der Waals surface area contributed by atoms with E-state index in [1.165, 1.54) is 9.80 Å². The van der Waals surface area contributed by atoms with E-state index in [9.17, 15) is 14.0 Å². The number of benzene rings is 3. The van der Waals surface area contributed by atoms with Crippen molar-refractivity contribution in [2.45, 2.75) is 69.7 Å². The molecule has 3 aromatic carbocycles. The highest BCUT2D eigenvalue weighted by Crippen LogP contribution is 2.45. The molecule has 0 N–H and O–H groups in total. The van der Waals surface area contributed by atoms with Gasteiger partial charge in [-0.05, 0) is 65.5 Å². The van der Waals surface area contributed by atoms with E-state index >= 15 is 8.78 Å². The van der Waals surface area contributed by atoms with E-state index < -0.39 is 49.8 Å². The fraction of sp³-hybridized carbons (Fsp3) is 0.421. The van der Waals surface area contributed by atoms with Crippen molar-refractivity contribution in [3.63, 3.8) is 0 Å². The number of carbonyl (C=O) groups excluding carboxylic acids is 2. The van der Waals surface area contributed by atoms with Crippen molar-refractivity contribution >= 4 is 26.0 Å². The summed E-state index contributed by atoms with van der Waals surface area (Å²) in [6.07, 6.45) is -0.167. The maximum atomic E-state index is 15.9. The van der Waals surface area contributed by atoms with Gasteiger partial charge in [-0.3, -0.25) is 0 Å². The largest absolute Gasteiger partial charge is 0.445 e. The quantitative estimate of drug-likeness (QED) is 0.223. The Bertz CT molecular complexity index is 1670. The molecule has 7 nitrogen and oxygen atoms in total. The number of likely N-dealkylation sites (tertiary alicyclic amines) is 1. The van der Waals surface area contributed by atoms with Crippen molar-refractivity contribution in [3.8, 4) is 0 Å². The van der Waals surface area contributed by atoms with E-state index in [1.807, 2.05) is 60.7 Å². The van der Waals surface area contributed by atoms with Crippen molar-refractivity contribution in [2.24, 2.45) is 0 Å². The van der Waals surface area contributed by atoms with Gasteiger partial charge in [0.15, 0.2) is 8.32 Å². The lowest BCUT2D eigenvalue weighted by Crippen LogP contribution is -2.60. The third-order valence-electron chi connectivity index (χ3n) is 10.2. The molecule has 2 aliphatic rings. The second kappa shape index (κ2) is 14.4. The van der Waals surface area contributed by atoms with Crippen LogP contribution >= 0.6 is 0 Å². The number of hydrogen-bond acceptors (Lipinski definition) is 4. The molecule has 2 heterocycles. The highest BCUT2D eigenvalue weighted by molar-refractivity contribution is 6.74. The number of carbonyl (C=O) groups is 2. The lowest BCUT2D eigenvalue weighted by atomic mass is 9.89. The normalized spacial score (nSPS) is 21.4. The third-order valence-corrected chi connectivity index (χ3v) is 14.7. The van der Waals surface area contributed by atoms with Gasteiger partial charge >= 0.3 is 12.1 Å². The van der Waals surface area contributed by atoms with Crippen LogP contribution in [0.4, 0.5) is 22.8 Å². The van der Waals surface area contributed by atoms with Crippen LogP contribution < -0.4 is 0 Å². The molecule has 0 spiro atoms. The van der Waals surface area contributed by atoms with Crippen LogP contribution in [0.5, 0.6) is 0 Å². The lowest BCUT2D eigenvalue weighted by Gasteiger charge is -2.46. The van der Waals surface area contributed by atoms with Gasteiger partial charge in [-0.25, -0.2) is 22.8 Å². The van der Waals surface area contributed by atoms with Gasteiger partial charge in [0, 0.05) is 25.7 Å². The summed E-state index contributed by atoms with van der Waals surface area (Å²) in [5, 5.41) is -0.145. The van der Waals surface area contributed by atoms with Gasteiger partial charge in [0.1, 0.15) is 30.0 Å². The number of ether oxygens (including phenoxy) is 1. The summed E-state index contributed by atoms with van der Waals surface area (Å²) in [6, 6.07) is 20.5. The minimum atomic E-state index is -2.38. The monoisotopic (exact) mass is 693 g/mol. The molecule has 0 aliphatic carbocycles. The molecule has 0 aromatic heterocycles. The van der Waals surface area contributed by atoms with E-state index in [-0.39, 0.29) is 49.9 Å². The topological polar surface area (TPSA) is 62.3 Å². The Morgan fingerprint density at radius 1 is 1.00 bits per heavy atom. The standard InChI is InChI=1S/C38H46F3N3O4Si/c1-37(2,3)49(5,6)48-26-38(29-15-11-8-12-16-29)22-28(31-21-30(39)17-18-32(31)40)23-44(38)35(45)42(4)34-19-20-43(24-33(34)41)36(46)47-25-27-13-9-7-10-14-27/h7-18,21-22,33-34H,19-20,23-26H2,1-6H3/t33-,34?,38-/m1/s1. The van der Waals surface area contributed by atoms with Crippen molar-refractivity contribution in [1.29, 1.82) is 0 Å². The van der Waals surface area contributed by atoms with Crippen LogP contribution in [0.1, 0.15) is 43.9 Å². The first-order valence-corrected chi connectivity index (χ1v) is 19.5. The number of halogens is 3. The Kier molecular flexibility index (Phi) is 10.6. The molecule has 1 fully saturated rings. The summed E-state index contributed by atoms with van der Waals surface area (Å²) >= 11 is 0. The molecule has 2 aliphatic heterocycles. The van der Waals surface area contributed by atoms with Gasteiger partial charge in [-0.2, -0.15) is 0 Å². The molecule has 0 bridgehead atoms. The Morgan fingerprint density at radius 2 is 1.65 bits per heavy atom. The summed E-state index contributed by atoms with van der Waals surface area (Å²) in [5.74, 6) is -1.21. The highest BCUT2D eigenvalue weighted by atomic mass is 28.4. The fourth-order valence-electron chi connectivity index (χ4n) is 6.18. The molecule has 262 valence electrons. The average Bonchev–Trinajstić information content (AvgIpc) is 3.47. The van der Waals surface area contributed by atoms with Gasteiger partial charge in [-0.1, -0.05) is 81.4 Å². The number of amides is 3. The van der Waals surface area contributed by atoms with Gasteiger partial charge in [0.05, 0.1) is 19.2 Å². The molecule has 11 heteroatoms. The number of hydrogen-bond donors (Lipinski definition) is 0. The Morgan fingerprint density at radius 3 is 2.29 bits per heavy atom. The first-order valence-electron chi connectivity index (χ1n) is 16.6. The van der Waals surface area contributed by atoms with Crippen molar-refractivity contribution in [1.82, 2.24) is 14.7 Å². The summed E-state index contributed by atoms with van der Waals surface area (Å²) in [5.41, 5.74) is 0.828. The van der Waals surface area contributed by atoms with Crippen LogP contribution in [0.2, 0.25) is 18.1 Å². The molecular weight excluding hydrogens is 648 g/mol. The molecule has 1 unspecified atom stereocenters. The zero-order chi connectivity index (χ0) is 35.6. The number of nitrogens with zero attached hydrogens (tertiary/aromatic N) is 3. The predicted molar refractivity (Wildman–Crippen MR) is 187 cm³/mol. The minimum Gasteiger partial charge on any atom is -0.445 e. The molecule has 3 atom stereocenters. The Balaban J connectivity index is 1.43. The van der Waals surface area contributed by atoms with Crippen LogP contribution in [-0.2, 0) is 21.3 Å². The first-order chi connectivity index (χ1) is 23.1. The van der Waals surface area contributed by atoms with E-state index in [0.29, 0.717) is 5.57 Å². The third kappa shape index (κ3) is 7.73. The fourth-order valence-corrected chi connectivity index (χ4v) is 7.20. The number of urea groups is 1. The molecule has 5 rings (SSSR count). The second-order valence-electron chi connectivity index (χ2n) is 14.5. The summed E-state index contributed by atoms with van der Waals surface area (Å²) in [7, 11) is -0.830. The smallest absolute Gasteiger partial charge is 0.410 e. The second-order valence-corrected chi connectivity index (χ2v) is 19.3. The highest BCUT2D eigenvalue weighted by Gasteiger charge is 2.50. The van der Waals surface area contributed by atoms with Gasteiger partial charge in [0.25, 0.3) is 0 Å². The zero-order valence-electron chi connectivity index (χ0n) is 29.1. The SMILES string of the molecule is CN(C(=O)N1CC(c2cc(F)ccc2F)=C[C@@]1(CO[Si](C)(C)C(C)(C)C)c1ccccc1)C1CCN(C(=O)OCc2ccccc2)C[C@H]1F. The van der Waals surface area contributed by atoms with Crippen molar-refractivity contribution < 1.29 is 31.9 Å². The van der Waals surface area contributed by atoms with Crippen molar-refractivity contribution in [2.75, 3.05) is 33.3 Å². The van der Waals surface area contributed by atoms with Crippen LogP contribution in [0, 0.1) is 11.6 Å². The Labute approximate surface area is 288 Å². The van der Waals surface area contributed by atoms with Gasteiger partial charge < -0.3 is 23.9 Å². The molecular formula is C38H46F3N3O4Si. The summed E-state index contributed by atoms with van der Waals surface area (Å²) in [4.78, 5) is 31.7. The predicted octanol–water partition coefficient (Wildman–Crippen LogP) is 8.38. The lowest BCUT2D eigenvalue weighted by molar-refractivity contribution is 0.0282. The minimum absolute atomic E-state index is 0.0521. The van der Waals surface area contributed by atoms with Gasteiger partial charge in [-0.15, -0.1) is 0 Å². The number of alkyl halides is 1. The molecule has 3 amide bonds. The molecule has 0 radical (unpaired) electrons. The van der Waals surface area contributed by atoms with Gasteiger partial charge in [0.2, 0.25) is 0 Å². The maximum Gasteiger partial charge on any atom is 0.410 e. The maximum absolute atomic E-state index is 15.9. The van der Waals surface area contributed by atoms with E-state index in [0.717, 1.165) is 29.3 Å². The average molecular weight is 694 g/mol. The first kappa shape index (κ1) is 36.2. The van der Waals surface area contributed by atoms with Crippen LogP contribution in [0.15, 0.2) is 84.9 Å². The number of rotatable bonds is 8. The van der Waals surface area contributed by atoms with Crippen LogP contribution in [0.3, 0.4) is 0 Å². The summed E-state index contributed by atoms with van der Waals surface area (Å²) < 4.78 is 57.8. The van der Waals surface area contributed by atoms with E-state index in [1.54, 1.807) is 18.0 Å². The molecule has 1 saturated heterocycles. The molecule has 49 heavy (non-hydrogen) atoms. The molecule has 0 saturated carbocycles. The zero-order valence-corrected chi connectivity index (χ0v) is 30.1. The van der Waals surface area contributed by atoms with Crippen LogP contribution in [0.25, 0.3) is 5.57 Å². The van der Waals surface area contributed by atoms with E-state index in [4.69, 9.17) is 9.16 Å². The van der Waals surface area contributed by atoms with Crippen LogP contribution in [-0.4, -0.2) is 80.6 Å². The summed E-state index contributed by atoms with van der Waals surface area (Å²) in [6.45, 7) is 10.6. The number of piperidine rings is 1. The van der Waals surface area contributed by atoms with E-state index in [2.05, 4.69) is 33.9 Å².